The number of anilines is 1. The van der Waals surface area contributed by atoms with Gasteiger partial charge in [0.05, 0.1) is 18.2 Å². The van der Waals surface area contributed by atoms with E-state index in [0.717, 1.165) is 54.7 Å². The summed E-state index contributed by atoms with van der Waals surface area (Å²) in [6, 6.07) is 12.7. The Hall–Kier alpha value is -3.28. The first kappa shape index (κ1) is 23.9. The van der Waals surface area contributed by atoms with Crippen molar-refractivity contribution in [3.8, 4) is 5.75 Å². The summed E-state index contributed by atoms with van der Waals surface area (Å²) >= 11 is 0. The standard InChI is InChI=1S/C28H34N2O4/c1-5-16-34-23-15-12-20(17-18(23)2)26(31)24-25(19-10-13-21(14-11-19)29(3)4)30(28(33)27(24)32)22-8-6-7-9-22/h10-15,17,22,25,31H,5-9,16H2,1-4H3/b26-24-. The number of aliphatic hydroxyl groups excluding tert-OH is 1. The summed E-state index contributed by atoms with van der Waals surface area (Å²) in [5.74, 6) is -0.517. The average Bonchev–Trinajstić information content (AvgIpc) is 3.44. The van der Waals surface area contributed by atoms with E-state index >= 15 is 0 Å². The van der Waals surface area contributed by atoms with Crippen LogP contribution < -0.4 is 9.64 Å². The van der Waals surface area contributed by atoms with Gasteiger partial charge in [-0.25, -0.2) is 0 Å². The molecule has 1 amide bonds. The fourth-order valence-corrected chi connectivity index (χ4v) is 5.02. The van der Waals surface area contributed by atoms with Crippen LogP contribution >= 0.6 is 0 Å². The van der Waals surface area contributed by atoms with Gasteiger partial charge in [-0.3, -0.25) is 9.59 Å². The summed E-state index contributed by atoms with van der Waals surface area (Å²) in [5, 5.41) is 11.4. The number of carbonyl (C=O) groups excluding carboxylic acids is 2. The molecule has 2 aromatic carbocycles. The molecule has 0 aromatic heterocycles. The van der Waals surface area contributed by atoms with Gasteiger partial charge in [0, 0.05) is 31.4 Å². The smallest absolute Gasteiger partial charge is 0.295 e. The number of nitrogens with zero attached hydrogens (tertiary/aromatic N) is 2. The number of hydrogen-bond donors (Lipinski definition) is 1. The average molecular weight is 463 g/mol. The molecule has 1 aliphatic carbocycles. The summed E-state index contributed by atoms with van der Waals surface area (Å²) in [7, 11) is 3.94. The van der Waals surface area contributed by atoms with E-state index in [9.17, 15) is 14.7 Å². The predicted molar refractivity (Wildman–Crippen MR) is 134 cm³/mol. The Kier molecular flexibility index (Phi) is 6.96. The molecule has 0 radical (unpaired) electrons. The summed E-state index contributed by atoms with van der Waals surface area (Å²) < 4.78 is 5.76. The van der Waals surface area contributed by atoms with E-state index in [2.05, 4.69) is 0 Å². The Morgan fingerprint density at radius 2 is 1.76 bits per heavy atom. The zero-order valence-electron chi connectivity index (χ0n) is 20.5. The highest BCUT2D eigenvalue weighted by Gasteiger charge is 2.49. The monoisotopic (exact) mass is 462 g/mol. The summed E-state index contributed by atoms with van der Waals surface area (Å²) in [5.41, 5.74) is 3.41. The lowest BCUT2D eigenvalue weighted by Crippen LogP contribution is -2.37. The molecule has 1 atom stereocenters. The third-order valence-electron chi connectivity index (χ3n) is 6.83. The SMILES string of the molecule is CCCOc1ccc(/C(O)=C2/C(=O)C(=O)N(C3CCCC3)C2c2ccc(N(C)C)cc2)cc1C. The van der Waals surface area contributed by atoms with Crippen molar-refractivity contribution in [2.45, 2.75) is 58.0 Å². The van der Waals surface area contributed by atoms with Gasteiger partial charge in [-0.15, -0.1) is 0 Å². The molecule has 1 heterocycles. The highest BCUT2D eigenvalue weighted by molar-refractivity contribution is 6.46. The van der Waals surface area contributed by atoms with Crippen molar-refractivity contribution in [3.63, 3.8) is 0 Å². The van der Waals surface area contributed by atoms with Crippen molar-refractivity contribution in [3.05, 3.63) is 64.7 Å². The maximum Gasteiger partial charge on any atom is 0.295 e. The van der Waals surface area contributed by atoms with E-state index in [1.807, 2.05) is 69.2 Å². The van der Waals surface area contributed by atoms with E-state index in [4.69, 9.17) is 4.74 Å². The van der Waals surface area contributed by atoms with Crippen LogP contribution in [0, 0.1) is 6.92 Å². The van der Waals surface area contributed by atoms with Gasteiger partial charge in [-0.05, 0) is 67.6 Å². The van der Waals surface area contributed by atoms with E-state index in [1.165, 1.54) is 0 Å². The number of rotatable bonds is 7. The molecule has 0 bridgehead atoms. The second-order valence-corrected chi connectivity index (χ2v) is 9.46. The van der Waals surface area contributed by atoms with Gasteiger partial charge in [-0.1, -0.05) is 31.9 Å². The minimum absolute atomic E-state index is 0.00633. The molecule has 1 unspecified atom stereocenters. The largest absolute Gasteiger partial charge is 0.507 e. The first-order valence-corrected chi connectivity index (χ1v) is 12.1. The molecule has 0 spiro atoms. The van der Waals surface area contributed by atoms with Crippen LogP contribution in [0.25, 0.3) is 5.76 Å². The minimum Gasteiger partial charge on any atom is -0.507 e. The van der Waals surface area contributed by atoms with E-state index in [-0.39, 0.29) is 17.4 Å². The van der Waals surface area contributed by atoms with Crippen molar-refractivity contribution in [1.82, 2.24) is 4.90 Å². The number of ether oxygens (including phenoxy) is 1. The Bertz CT molecular complexity index is 1100. The van der Waals surface area contributed by atoms with Crippen LogP contribution in [-0.2, 0) is 9.59 Å². The molecule has 1 saturated carbocycles. The number of benzene rings is 2. The molecule has 6 heteroatoms. The fourth-order valence-electron chi connectivity index (χ4n) is 5.02. The van der Waals surface area contributed by atoms with Gasteiger partial charge < -0.3 is 19.6 Å². The summed E-state index contributed by atoms with van der Waals surface area (Å²) in [6.07, 6.45) is 4.74. The molecule has 2 aliphatic rings. The molecule has 2 aromatic rings. The number of ketones is 1. The molecule has 1 N–H and O–H groups in total. The summed E-state index contributed by atoms with van der Waals surface area (Å²) in [4.78, 5) is 30.3. The molecule has 1 aliphatic heterocycles. The zero-order valence-corrected chi connectivity index (χ0v) is 20.5. The van der Waals surface area contributed by atoms with E-state index in [0.29, 0.717) is 12.2 Å². The number of likely N-dealkylation sites (tertiary alicyclic amines) is 1. The van der Waals surface area contributed by atoms with Crippen molar-refractivity contribution < 1.29 is 19.4 Å². The van der Waals surface area contributed by atoms with Gasteiger partial charge in [0.1, 0.15) is 11.5 Å². The predicted octanol–water partition coefficient (Wildman–Crippen LogP) is 5.21. The molecule has 34 heavy (non-hydrogen) atoms. The third kappa shape index (κ3) is 4.41. The highest BCUT2D eigenvalue weighted by Crippen LogP contribution is 2.44. The van der Waals surface area contributed by atoms with Crippen LogP contribution in [-0.4, -0.2) is 48.4 Å². The normalized spacial score (nSPS) is 20.2. The lowest BCUT2D eigenvalue weighted by atomic mass is 9.94. The zero-order chi connectivity index (χ0) is 24.4. The van der Waals surface area contributed by atoms with Crippen LogP contribution in [0.4, 0.5) is 5.69 Å². The first-order valence-electron chi connectivity index (χ1n) is 12.1. The van der Waals surface area contributed by atoms with Gasteiger partial charge in [0.25, 0.3) is 11.7 Å². The van der Waals surface area contributed by atoms with E-state index < -0.39 is 17.7 Å². The topological polar surface area (TPSA) is 70.1 Å². The lowest BCUT2D eigenvalue weighted by molar-refractivity contribution is -0.141. The van der Waals surface area contributed by atoms with Gasteiger partial charge in [0.15, 0.2) is 0 Å². The van der Waals surface area contributed by atoms with Gasteiger partial charge in [0.2, 0.25) is 0 Å². The Morgan fingerprint density at radius 3 is 2.35 bits per heavy atom. The molecule has 4 rings (SSSR count). The molecular weight excluding hydrogens is 428 g/mol. The van der Waals surface area contributed by atoms with Crippen LogP contribution in [0.15, 0.2) is 48.0 Å². The second-order valence-electron chi connectivity index (χ2n) is 9.46. The highest BCUT2D eigenvalue weighted by atomic mass is 16.5. The number of Topliss-reactive ketones (excluding diaryl/α,β-unsaturated/α-hetero) is 1. The number of aryl methyl sites for hydroxylation is 1. The lowest BCUT2D eigenvalue weighted by Gasteiger charge is -2.31. The van der Waals surface area contributed by atoms with Crippen LogP contribution in [0.1, 0.15) is 61.8 Å². The molecule has 1 saturated heterocycles. The minimum atomic E-state index is -0.616. The van der Waals surface area contributed by atoms with Crippen molar-refractivity contribution >= 4 is 23.1 Å². The first-order chi connectivity index (χ1) is 16.3. The van der Waals surface area contributed by atoms with Crippen LogP contribution in [0.3, 0.4) is 0 Å². The van der Waals surface area contributed by atoms with Crippen molar-refractivity contribution in [2.75, 3.05) is 25.6 Å². The van der Waals surface area contributed by atoms with Crippen LogP contribution in [0.2, 0.25) is 0 Å². The van der Waals surface area contributed by atoms with Crippen molar-refractivity contribution in [1.29, 1.82) is 0 Å². The molecular formula is C28H34N2O4. The molecule has 180 valence electrons. The van der Waals surface area contributed by atoms with Crippen LogP contribution in [0.5, 0.6) is 5.75 Å². The Balaban J connectivity index is 1.81. The van der Waals surface area contributed by atoms with Gasteiger partial charge in [-0.2, -0.15) is 0 Å². The van der Waals surface area contributed by atoms with E-state index in [1.54, 1.807) is 11.0 Å². The number of hydrogen-bond acceptors (Lipinski definition) is 5. The third-order valence-corrected chi connectivity index (χ3v) is 6.83. The number of aliphatic hydroxyl groups is 1. The van der Waals surface area contributed by atoms with Crippen molar-refractivity contribution in [2.24, 2.45) is 0 Å². The maximum absolute atomic E-state index is 13.3. The number of amides is 1. The summed E-state index contributed by atoms with van der Waals surface area (Å²) in [6.45, 7) is 4.57. The Labute approximate surface area is 201 Å². The molecule has 6 nitrogen and oxygen atoms in total. The molecule has 2 fully saturated rings. The Morgan fingerprint density at radius 1 is 1.09 bits per heavy atom. The second kappa shape index (κ2) is 9.92. The quantitative estimate of drug-likeness (QED) is 0.347. The number of carbonyl (C=O) groups is 2. The fraction of sp³-hybridized carbons (Fsp3) is 0.429. The van der Waals surface area contributed by atoms with Gasteiger partial charge >= 0.3 is 0 Å². The maximum atomic E-state index is 13.3.